The second-order valence-electron chi connectivity index (χ2n) is 4.28. The van der Waals surface area contributed by atoms with Crippen molar-refractivity contribution in [3.63, 3.8) is 0 Å². The number of nitrogens with two attached hydrogens (primary N) is 1. The number of benzene rings is 1. The lowest BCUT2D eigenvalue weighted by molar-refractivity contribution is -0.118. The van der Waals surface area contributed by atoms with Gasteiger partial charge in [0.2, 0.25) is 12.3 Å². The quantitative estimate of drug-likeness (QED) is 0.850. The molecule has 2 unspecified atom stereocenters. The molecule has 92 valence electrons. The number of primary amides is 1. The number of rotatable bonds is 3. The third kappa shape index (κ3) is 2.54. The summed E-state index contributed by atoms with van der Waals surface area (Å²) in [6.07, 6.45) is -2.11. The Labute approximate surface area is 98.0 Å². The lowest BCUT2D eigenvalue weighted by Crippen LogP contribution is -2.34. The molecule has 0 saturated heterocycles. The molecule has 0 fully saturated rings. The van der Waals surface area contributed by atoms with Gasteiger partial charge in [0, 0.05) is 24.1 Å². The van der Waals surface area contributed by atoms with Crippen molar-refractivity contribution in [2.45, 2.75) is 31.2 Å². The van der Waals surface area contributed by atoms with Gasteiger partial charge in [0.25, 0.3) is 0 Å². The number of fused-ring (bicyclic) bond motifs is 1. The smallest absolute Gasteiger partial charge is 0.245 e. The van der Waals surface area contributed by atoms with Gasteiger partial charge < -0.3 is 11.1 Å². The van der Waals surface area contributed by atoms with E-state index in [-0.39, 0.29) is 18.9 Å². The fourth-order valence-corrected chi connectivity index (χ4v) is 2.28. The van der Waals surface area contributed by atoms with E-state index in [0.29, 0.717) is 11.3 Å². The van der Waals surface area contributed by atoms with E-state index in [9.17, 15) is 13.6 Å². The summed E-state index contributed by atoms with van der Waals surface area (Å²) in [7, 11) is 0. The van der Waals surface area contributed by atoms with E-state index in [0.717, 1.165) is 0 Å². The molecule has 1 amide bonds. The Bertz CT molecular complexity index is 423. The Morgan fingerprint density at radius 3 is 2.82 bits per heavy atom. The third-order valence-electron chi connectivity index (χ3n) is 3.01. The minimum absolute atomic E-state index is 0.0809. The second kappa shape index (κ2) is 4.69. The number of hydrogen-bond donors (Lipinski definition) is 2. The number of amides is 1. The van der Waals surface area contributed by atoms with Gasteiger partial charge in [0.1, 0.15) is 0 Å². The van der Waals surface area contributed by atoms with Crippen LogP contribution >= 0.6 is 0 Å². The van der Waals surface area contributed by atoms with Crippen molar-refractivity contribution in [1.29, 1.82) is 0 Å². The third-order valence-corrected chi connectivity index (χ3v) is 3.01. The van der Waals surface area contributed by atoms with Crippen molar-refractivity contribution in [3.05, 3.63) is 29.8 Å². The van der Waals surface area contributed by atoms with E-state index in [2.05, 4.69) is 5.32 Å². The first kappa shape index (κ1) is 11.8. The van der Waals surface area contributed by atoms with Crippen LogP contribution in [0.25, 0.3) is 0 Å². The first-order valence-electron chi connectivity index (χ1n) is 5.50. The molecule has 1 heterocycles. The zero-order valence-corrected chi connectivity index (χ0v) is 9.20. The maximum Gasteiger partial charge on any atom is 0.245 e. The van der Waals surface area contributed by atoms with Crippen molar-refractivity contribution in [2.24, 2.45) is 5.73 Å². The molecule has 0 saturated carbocycles. The summed E-state index contributed by atoms with van der Waals surface area (Å²) in [5.41, 5.74) is 6.39. The van der Waals surface area contributed by atoms with Gasteiger partial charge in [0.15, 0.2) is 0 Å². The average Bonchev–Trinajstić information content (AvgIpc) is 2.27. The Hall–Kier alpha value is -1.65. The highest BCUT2D eigenvalue weighted by Crippen LogP contribution is 2.38. The lowest BCUT2D eigenvalue weighted by Gasteiger charge is -2.32. The predicted octanol–water partition coefficient (Wildman–Crippen LogP) is 2.09. The van der Waals surface area contributed by atoms with Gasteiger partial charge in [-0.2, -0.15) is 0 Å². The van der Waals surface area contributed by atoms with E-state index >= 15 is 0 Å². The first-order chi connectivity index (χ1) is 8.08. The number of para-hydroxylation sites is 1. The highest BCUT2D eigenvalue weighted by molar-refractivity contribution is 5.75. The van der Waals surface area contributed by atoms with E-state index in [1.807, 2.05) is 0 Å². The van der Waals surface area contributed by atoms with Crippen molar-refractivity contribution in [2.75, 3.05) is 5.32 Å². The monoisotopic (exact) mass is 240 g/mol. The van der Waals surface area contributed by atoms with E-state index < -0.39 is 18.3 Å². The van der Waals surface area contributed by atoms with Crippen molar-refractivity contribution < 1.29 is 13.6 Å². The second-order valence-corrected chi connectivity index (χ2v) is 4.28. The maximum absolute atomic E-state index is 13.0. The summed E-state index contributed by atoms with van der Waals surface area (Å²) in [6.45, 7) is 0. The van der Waals surface area contributed by atoms with Gasteiger partial charge in [-0.05, 0) is 18.1 Å². The molecule has 0 aromatic heterocycles. The summed E-state index contributed by atoms with van der Waals surface area (Å²) >= 11 is 0. The predicted molar refractivity (Wildman–Crippen MR) is 61.0 cm³/mol. The summed E-state index contributed by atoms with van der Waals surface area (Å²) < 4.78 is 25.9. The van der Waals surface area contributed by atoms with Gasteiger partial charge in [0.05, 0.1) is 0 Å². The molecule has 5 heteroatoms. The van der Waals surface area contributed by atoms with E-state index in [1.165, 1.54) is 0 Å². The number of hydrogen-bond acceptors (Lipinski definition) is 2. The standard InChI is InChI=1S/C12H14F2N2O/c13-12(14)9-5-7(6-11(15)17)16-10-4-2-1-3-8(9)10/h1-4,7,9,12,16H,5-6H2,(H2,15,17). The molecule has 0 radical (unpaired) electrons. The molecular weight excluding hydrogens is 226 g/mol. The molecule has 1 aliphatic rings. The van der Waals surface area contributed by atoms with Crippen molar-refractivity contribution in [3.8, 4) is 0 Å². The molecule has 1 aliphatic heterocycles. The Morgan fingerprint density at radius 1 is 1.47 bits per heavy atom. The molecule has 2 rings (SSSR count). The van der Waals surface area contributed by atoms with Crippen LogP contribution in [0.4, 0.5) is 14.5 Å². The summed E-state index contributed by atoms with van der Waals surface area (Å²) in [4.78, 5) is 10.9. The number of carbonyl (C=O) groups excluding carboxylic acids is 1. The fourth-order valence-electron chi connectivity index (χ4n) is 2.28. The van der Waals surface area contributed by atoms with Crippen LogP contribution in [0.1, 0.15) is 24.3 Å². The number of anilines is 1. The van der Waals surface area contributed by atoms with Gasteiger partial charge >= 0.3 is 0 Å². The average molecular weight is 240 g/mol. The molecule has 2 atom stereocenters. The minimum atomic E-state index is -2.42. The molecule has 0 spiro atoms. The van der Waals surface area contributed by atoms with Gasteiger partial charge in [-0.3, -0.25) is 4.79 Å². The minimum Gasteiger partial charge on any atom is -0.382 e. The highest BCUT2D eigenvalue weighted by Gasteiger charge is 2.32. The van der Waals surface area contributed by atoms with Crippen LogP contribution in [0.2, 0.25) is 0 Å². The molecule has 1 aromatic carbocycles. The number of nitrogens with one attached hydrogen (secondary N) is 1. The van der Waals surface area contributed by atoms with Crippen molar-refractivity contribution in [1.82, 2.24) is 0 Å². The number of alkyl halides is 2. The Morgan fingerprint density at radius 2 is 2.18 bits per heavy atom. The summed E-state index contributed by atoms with van der Waals surface area (Å²) in [5, 5.41) is 3.08. The van der Waals surface area contributed by atoms with Crippen LogP contribution in [0.3, 0.4) is 0 Å². The molecule has 0 bridgehead atoms. The fraction of sp³-hybridized carbons (Fsp3) is 0.417. The molecular formula is C12H14F2N2O. The van der Waals surface area contributed by atoms with Crippen LogP contribution in [0.5, 0.6) is 0 Å². The van der Waals surface area contributed by atoms with Gasteiger partial charge in [-0.25, -0.2) is 8.78 Å². The number of carbonyl (C=O) groups is 1. The zero-order chi connectivity index (χ0) is 12.4. The zero-order valence-electron chi connectivity index (χ0n) is 9.20. The van der Waals surface area contributed by atoms with Crippen LogP contribution < -0.4 is 11.1 Å². The number of halogens is 2. The Balaban J connectivity index is 2.26. The lowest BCUT2D eigenvalue weighted by atomic mass is 9.86. The molecule has 0 aliphatic carbocycles. The van der Waals surface area contributed by atoms with Crippen LogP contribution in [-0.2, 0) is 4.79 Å². The molecule has 17 heavy (non-hydrogen) atoms. The van der Waals surface area contributed by atoms with Crippen LogP contribution in [0, 0.1) is 0 Å². The van der Waals surface area contributed by atoms with Crippen LogP contribution in [0.15, 0.2) is 24.3 Å². The molecule has 3 N–H and O–H groups in total. The molecule has 1 aromatic rings. The topological polar surface area (TPSA) is 55.1 Å². The SMILES string of the molecule is NC(=O)CC1CC(C(F)F)c2ccccc2N1. The van der Waals surface area contributed by atoms with Crippen LogP contribution in [-0.4, -0.2) is 18.4 Å². The van der Waals surface area contributed by atoms with E-state index in [4.69, 9.17) is 5.73 Å². The van der Waals surface area contributed by atoms with Gasteiger partial charge in [-0.15, -0.1) is 0 Å². The highest BCUT2D eigenvalue weighted by atomic mass is 19.3. The Kier molecular flexibility index (Phi) is 3.26. The summed E-state index contributed by atoms with van der Waals surface area (Å²) in [6, 6.07) is 6.66. The first-order valence-corrected chi connectivity index (χ1v) is 5.50. The summed E-state index contributed by atoms with van der Waals surface area (Å²) in [5.74, 6) is -1.30. The molecule has 3 nitrogen and oxygen atoms in total. The van der Waals surface area contributed by atoms with Gasteiger partial charge in [-0.1, -0.05) is 18.2 Å². The van der Waals surface area contributed by atoms with E-state index in [1.54, 1.807) is 24.3 Å². The van der Waals surface area contributed by atoms with Crippen molar-refractivity contribution >= 4 is 11.6 Å². The largest absolute Gasteiger partial charge is 0.382 e. The normalized spacial score (nSPS) is 23.0. The maximum atomic E-state index is 13.0.